The van der Waals surface area contributed by atoms with E-state index in [2.05, 4.69) is 15.2 Å². The average molecular weight is 231 g/mol. The molecule has 2 aromatic heterocycles. The lowest BCUT2D eigenvalue weighted by atomic mass is 10.1. The Hall–Kier alpha value is -2.50. The predicted molar refractivity (Wildman–Crippen MR) is 59.8 cm³/mol. The number of aryl methyl sites for hydroxylation is 1. The van der Waals surface area contributed by atoms with Gasteiger partial charge in [-0.1, -0.05) is 0 Å². The SMILES string of the molecule is Cc1cncc(-c2cc(C(=O)O)c(=O)[nH]n2)c1. The van der Waals surface area contributed by atoms with Gasteiger partial charge in [-0.2, -0.15) is 5.10 Å². The summed E-state index contributed by atoms with van der Waals surface area (Å²) in [7, 11) is 0. The van der Waals surface area contributed by atoms with Gasteiger partial charge in [-0.15, -0.1) is 0 Å². The van der Waals surface area contributed by atoms with Crippen molar-refractivity contribution in [2.75, 3.05) is 0 Å². The maximum Gasteiger partial charge on any atom is 0.341 e. The van der Waals surface area contributed by atoms with E-state index in [-0.39, 0.29) is 5.56 Å². The Morgan fingerprint density at radius 2 is 2.12 bits per heavy atom. The molecular formula is C11H9N3O3. The van der Waals surface area contributed by atoms with Crippen LogP contribution < -0.4 is 5.56 Å². The zero-order valence-electron chi connectivity index (χ0n) is 8.97. The molecule has 2 rings (SSSR count). The second kappa shape index (κ2) is 4.17. The number of pyridine rings is 1. The molecule has 17 heavy (non-hydrogen) atoms. The van der Waals surface area contributed by atoms with Gasteiger partial charge in [0.1, 0.15) is 5.56 Å². The molecule has 0 aromatic carbocycles. The first-order valence-electron chi connectivity index (χ1n) is 4.83. The maximum atomic E-state index is 11.2. The normalized spacial score (nSPS) is 10.2. The molecule has 0 radical (unpaired) electrons. The van der Waals surface area contributed by atoms with Crippen molar-refractivity contribution in [2.45, 2.75) is 6.92 Å². The molecule has 0 amide bonds. The number of hydrogen-bond donors (Lipinski definition) is 2. The van der Waals surface area contributed by atoms with Crippen molar-refractivity contribution in [1.82, 2.24) is 15.2 Å². The number of carboxylic acids is 1. The molecule has 0 unspecified atom stereocenters. The molecule has 2 heterocycles. The number of aromatic carboxylic acids is 1. The van der Waals surface area contributed by atoms with E-state index in [4.69, 9.17) is 5.11 Å². The van der Waals surface area contributed by atoms with Crippen molar-refractivity contribution in [2.24, 2.45) is 0 Å². The lowest BCUT2D eigenvalue weighted by Gasteiger charge is -2.01. The first-order valence-corrected chi connectivity index (χ1v) is 4.83. The molecule has 6 nitrogen and oxygen atoms in total. The summed E-state index contributed by atoms with van der Waals surface area (Å²) in [6.07, 6.45) is 3.23. The number of aromatic nitrogens is 3. The van der Waals surface area contributed by atoms with Crippen molar-refractivity contribution in [3.05, 3.63) is 46.0 Å². The van der Waals surface area contributed by atoms with E-state index >= 15 is 0 Å². The van der Waals surface area contributed by atoms with E-state index in [0.29, 0.717) is 11.3 Å². The van der Waals surface area contributed by atoms with Crippen molar-refractivity contribution >= 4 is 5.97 Å². The van der Waals surface area contributed by atoms with Gasteiger partial charge >= 0.3 is 5.97 Å². The standard InChI is InChI=1S/C11H9N3O3/c1-6-2-7(5-12-4-6)9-3-8(11(16)17)10(15)14-13-9/h2-5H,1H3,(H,14,15)(H,16,17). The van der Waals surface area contributed by atoms with E-state index in [1.807, 2.05) is 6.92 Å². The maximum absolute atomic E-state index is 11.2. The second-order valence-electron chi connectivity index (χ2n) is 3.55. The van der Waals surface area contributed by atoms with Crippen LogP contribution in [0.4, 0.5) is 0 Å². The minimum absolute atomic E-state index is 0.337. The zero-order chi connectivity index (χ0) is 12.4. The van der Waals surface area contributed by atoms with Gasteiger partial charge in [0.05, 0.1) is 5.69 Å². The van der Waals surface area contributed by atoms with Crippen molar-refractivity contribution in [1.29, 1.82) is 0 Å². The summed E-state index contributed by atoms with van der Waals surface area (Å²) in [5.41, 5.74) is 0.896. The number of rotatable bonds is 2. The largest absolute Gasteiger partial charge is 0.477 e. The quantitative estimate of drug-likeness (QED) is 0.798. The second-order valence-corrected chi connectivity index (χ2v) is 3.55. The first kappa shape index (κ1) is 11.0. The third-order valence-corrected chi connectivity index (χ3v) is 2.20. The van der Waals surface area contributed by atoms with Crippen molar-refractivity contribution in [3.8, 4) is 11.3 Å². The van der Waals surface area contributed by atoms with Crippen LogP contribution in [0.1, 0.15) is 15.9 Å². The van der Waals surface area contributed by atoms with Crippen LogP contribution in [0, 0.1) is 6.92 Å². The van der Waals surface area contributed by atoms with Crippen LogP contribution in [0.2, 0.25) is 0 Å². The molecule has 0 atom stereocenters. The highest BCUT2D eigenvalue weighted by Crippen LogP contribution is 2.15. The molecule has 0 saturated carbocycles. The lowest BCUT2D eigenvalue weighted by molar-refractivity contribution is 0.0694. The lowest BCUT2D eigenvalue weighted by Crippen LogP contribution is -2.18. The highest BCUT2D eigenvalue weighted by Gasteiger charge is 2.11. The molecule has 0 spiro atoms. The summed E-state index contributed by atoms with van der Waals surface area (Å²) >= 11 is 0. The Morgan fingerprint density at radius 3 is 2.76 bits per heavy atom. The molecule has 2 aromatic rings. The Bertz CT molecular complexity index is 634. The molecule has 0 fully saturated rings. The van der Waals surface area contributed by atoms with Gasteiger partial charge in [0.15, 0.2) is 0 Å². The van der Waals surface area contributed by atoms with Crippen molar-refractivity contribution < 1.29 is 9.90 Å². The first-order chi connectivity index (χ1) is 8.08. The fraction of sp³-hybridized carbons (Fsp3) is 0.0909. The Labute approximate surface area is 96.0 Å². The highest BCUT2D eigenvalue weighted by molar-refractivity contribution is 5.88. The summed E-state index contributed by atoms with van der Waals surface area (Å²) < 4.78 is 0. The fourth-order valence-corrected chi connectivity index (χ4v) is 1.41. The number of H-pyrrole nitrogens is 1. The molecule has 0 aliphatic heterocycles. The van der Waals surface area contributed by atoms with E-state index in [1.54, 1.807) is 18.5 Å². The number of nitrogens with one attached hydrogen (secondary N) is 1. The van der Waals surface area contributed by atoms with E-state index in [0.717, 1.165) is 5.56 Å². The molecule has 6 heteroatoms. The summed E-state index contributed by atoms with van der Waals surface area (Å²) in [6, 6.07) is 3.04. The number of carboxylic acid groups (broad SMARTS) is 1. The summed E-state index contributed by atoms with van der Waals surface area (Å²) in [5.74, 6) is -1.28. The smallest absolute Gasteiger partial charge is 0.341 e. The van der Waals surface area contributed by atoms with E-state index in [1.165, 1.54) is 6.07 Å². The molecule has 0 bridgehead atoms. The van der Waals surface area contributed by atoms with Crippen molar-refractivity contribution in [3.63, 3.8) is 0 Å². The highest BCUT2D eigenvalue weighted by atomic mass is 16.4. The van der Waals surface area contributed by atoms with Crippen LogP contribution in [-0.4, -0.2) is 26.3 Å². The van der Waals surface area contributed by atoms with Crippen LogP contribution in [0.25, 0.3) is 11.3 Å². The molecule has 86 valence electrons. The molecule has 0 saturated heterocycles. The van der Waals surface area contributed by atoms with Crippen LogP contribution >= 0.6 is 0 Å². The fourth-order valence-electron chi connectivity index (χ4n) is 1.41. The van der Waals surface area contributed by atoms with E-state index < -0.39 is 11.5 Å². The van der Waals surface area contributed by atoms with Gasteiger partial charge in [-0.3, -0.25) is 9.78 Å². The summed E-state index contributed by atoms with van der Waals surface area (Å²) in [4.78, 5) is 26.0. The van der Waals surface area contributed by atoms with Gasteiger partial charge in [0, 0.05) is 18.0 Å². The number of hydrogen-bond acceptors (Lipinski definition) is 4. The number of carbonyl (C=O) groups is 1. The monoisotopic (exact) mass is 231 g/mol. The Morgan fingerprint density at radius 1 is 1.35 bits per heavy atom. The molecular weight excluding hydrogens is 222 g/mol. The molecule has 0 aliphatic rings. The third kappa shape index (κ3) is 2.20. The van der Waals surface area contributed by atoms with E-state index in [9.17, 15) is 9.59 Å². The van der Waals surface area contributed by atoms with Gasteiger partial charge in [-0.05, 0) is 24.6 Å². The van der Waals surface area contributed by atoms with Gasteiger partial charge < -0.3 is 5.11 Å². The minimum atomic E-state index is -1.28. The van der Waals surface area contributed by atoms with Crippen LogP contribution in [0.15, 0.2) is 29.3 Å². The summed E-state index contributed by atoms with van der Waals surface area (Å²) in [5, 5.41) is 14.8. The topological polar surface area (TPSA) is 95.9 Å². The van der Waals surface area contributed by atoms with Gasteiger partial charge in [0.25, 0.3) is 5.56 Å². The third-order valence-electron chi connectivity index (χ3n) is 2.20. The molecule has 0 aliphatic carbocycles. The van der Waals surface area contributed by atoms with Crippen LogP contribution in [-0.2, 0) is 0 Å². The number of nitrogens with zero attached hydrogens (tertiary/aromatic N) is 2. The zero-order valence-corrected chi connectivity index (χ0v) is 8.97. The number of aromatic amines is 1. The predicted octanol–water partition coefficient (Wildman–Crippen LogP) is 0.839. The summed E-state index contributed by atoms with van der Waals surface area (Å²) in [6.45, 7) is 1.86. The minimum Gasteiger partial charge on any atom is -0.477 e. The Kier molecular flexibility index (Phi) is 2.70. The van der Waals surface area contributed by atoms with Crippen LogP contribution in [0.3, 0.4) is 0 Å². The Balaban J connectivity index is 2.58. The molecule has 2 N–H and O–H groups in total. The van der Waals surface area contributed by atoms with Crippen LogP contribution in [0.5, 0.6) is 0 Å². The average Bonchev–Trinajstić information content (AvgIpc) is 2.29. The van der Waals surface area contributed by atoms with Gasteiger partial charge in [0.2, 0.25) is 0 Å². The van der Waals surface area contributed by atoms with Gasteiger partial charge in [-0.25, -0.2) is 9.89 Å².